The predicted molar refractivity (Wildman–Crippen MR) is 83.5 cm³/mol. The average Bonchev–Trinajstić information content (AvgIpc) is 2.95. The van der Waals surface area contributed by atoms with E-state index in [0.717, 1.165) is 37.1 Å². The molecule has 0 radical (unpaired) electrons. The van der Waals surface area contributed by atoms with Crippen LogP contribution in [0.4, 0.5) is 0 Å². The van der Waals surface area contributed by atoms with Crippen LogP contribution in [0.5, 0.6) is 0 Å². The Kier molecular flexibility index (Phi) is 4.62. The molecule has 110 valence electrons. The average molecular weight is 315 g/mol. The van der Waals surface area contributed by atoms with Crippen LogP contribution in [0.25, 0.3) is 0 Å². The van der Waals surface area contributed by atoms with Crippen LogP contribution in [0.3, 0.4) is 0 Å². The van der Waals surface area contributed by atoms with Crippen molar-refractivity contribution < 1.29 is 4.79 Å². The summed E-state index contributed by atoms with van der Waals surface area (Å²) in [6.07, 6.45) is 2.26. The molecule has 0 spiro atoms. The monoisotopic (exact) mass is 314 g/mol. The van der Waals surface area contributed by atoms with Gasteiger partial charge in [-0.1, -0.05) is 17.7 Å². The van der Waals surface area contributed by atoms with E-state index < -0.39 is 0 Å². The van der Waals surface area contributed by atoms with Crippen molar-refractivity contribution in [1.29, 1.82) is 0 Å². The normalized spacial score (nSPS) is 28.1. The predicted octanol–water partition coefficient (Wildman–Crippen LogP) is 2.88. The molecule has 5 heteroatoms. The molecule has 1 aliphatic carbocycles. The second-order valence-electron chi connectivity index (χ2n) is 5.79. The van der Waals surface area contributed by atoms with Gasteiger partial charge >= 0.3 is 0 Å². The Balaban J connectivity index is 0.00000147. The molecule has 1 aliphatic heterocycles. The fraction of sp³-hybridized carbons (Fsp3) is 0.533. The maximum Gasteiger partial charge on any atom is 0.254 e. The Morgan fingerprint density at radius 3 is 2.80 bits per heavy atom. The number of carbonyl (C=O) groups is 1. The number of fused-ring (bicyclic) bond motifs is 1. The second kappa shape index (κ2) is 5.92. The van der Waals surface area contributed by atoms with Gasteiger partial charge in [0.05, 0.1) is 0 Å². The summed E-state index contributed by atoms with van der Waals surface area (Å²) in [5.41, 5.74) is 7.71. The van der Waals surface area contributed by atoms with E-state index >= 15 is 0 Å². The lowest BCUT2D eigenvalue weighted by molar-refractivity contribution is 0.0779. The number of nitrogens with two attached hydrogens (primary N) is 1. The summed E-state index contributed by atoms with van der Waals surface area (Å²) in [4.78, 5) is 14.5. The minimum Gasteiger partial charge on any atom is -0.338 e. The summed E-state index contributed by atoms with van der Waals surface area (Å²) in [5, 5.41) is 0.655. The van der Waals surface area contributed by atoms with E-state index in [2.05, 4.69) is 0 Å². The molecule has 1 aromatic carbocycles. The number of hydrogen-bond acceptors (Lipinski definition) is 2. The van der Waals surface area contributed by atoms with Crippen LogP contribution >= 0.6 is 24.0 Å². The molecule has 2 N–H and O–H groups in total. The highest BCUT2D eigenvalue weighted by atomic mass is 35.5. The Labute approximate surface area is 130 Å². The van der Waals surface area contributed by atoms with Crippen LogP contribution in [0.15, 0.2) is 18.2 Å². The van der Waals surface area contributed by atoms with E-state index in [1.54, 1.807) is 0 Å². The molecule has 3 rings (SSSR count). The Bertz CT molecular complexity index is 521. The molecule has 1 saturated heterocycles. The Morgan fingerprint density at radius 2 is 2.10 bits per heavy atom. The largest absolute Gasteiger partial charge is 0.338 e. The topological polar surface area (TPSA) is 46.3 Å². The lowest BCUT2D eigenvalue weighted by atomic mass is 9.98. The van der Waals surface area contributed by atoms with Crippen molar-refractivity contribution in [3.8, 4) is 0 Å². The zero-order valence-electron chi connectivity index (χ0n) is 11.5. The van der Waals surface area contributed by atoms with Gasteiger partial charge in [-0.3, -0.25) is 4.79 Å². The molecule has 0 aromatic heterocycles. The SMILES string of the molecule is Cc1c(Cl)cccc1C(=O)N1CC2CCC(N)C2C1.Cl. The number of amides is 1. The van der Waals surface area contributed by atoms with Gasteiger partial charge in [0.25, 0.3) is 5.91 Å². The molecule has 1 aromatic rings. The standard InChI is InChI=1S/C15H19ClN2O.ClH/c1-9-11(3-2-4-13(9)16)15(19)18-7-10-5-6-14(17)12(10)8-18;/h2-4,10,12,14H,5-8,17H2,1H3;1H. The van der Waals surface area contributed by atoms with E-state index in [-0.39, 0.29) is 24.4 Å². The summed E-state index contributed by atoms with van der Waals surface area (Å²) in [6, 6.07) is 5.79. The molecule has 2 fully saturated rings. The van der Waals surface area contributed by atoms with Gasteiger partial charge in [0.2, 0.25) is 0 Å². The van der Waals surface area contributed by atoms with Crippen molar-refractivity contribution in [3.05, 3.63) is 34.3 Å². The van der Waals surface area contributed by atoms with Crippen LogP contribution in [-0.2, 0) is 0 Å². The van der Waals surface area contributed by atoms with Crippen molar-refractivity contribution in [2.24, 2.45) is 17.6 Å². The minimum atomic E-state index is 0. The van der Waals surface area contributed by atoms with Gasteiger partial charge < -0.3 is 10.6 Å². The summed E-state index contributed by atoms with van der Waals surface area (Å²) in [5.74, 6) is 1.18. The van der Waals surface area contributed by atoms with Crippen LogP contribution in [0.2, 0.25) is 5.02 Å². The zero-order chi connectivity index (χ0) is 13.6. The molecule has 1 amide bonds. The summed E-state index contributed by atoms with van der Waals surface area (Å²) in [6.45, 7) is 3.55. The molecule has 3 nitrogen and oxygen atoms in total. The van der Waals surface area contributed by atoms with Gasteiger partial charge in [-0.2, -0.15) is 0 Å². The summed E-state index contributed by atoms with van der Waals surface area (Å²) < 4.78 is 0. The lowest BCUT2D eigenvalue weighted by Gasteiger charge is -2.20. The number of hydrogen-bond donors (Lipinski definition) is 1. The molecule has 1 heterocycles. The number of nitrogens with zero attached hydrogens (tertiary/aromatic N) is 1. The van der Waals surface area contributed by atoms with Gasteiger partial charge in [0.1, 0.15) is 0 Å². The maximum atomic E-state index is 12.6. The first-order valence-electron chi connectivity index (χ1n) is 6.88. The number of carbonyl (C=O) groups excluding carboxylic acids is 1. The fourth-order valence-electron chi connectivity index (χ4n) is 3.48. The summed E-state index contributed by atoms with van der Waals surface area (Å²) in [7, 11) is 0. The first kappa shape index (κ1) is 15.6. The van der Waals surface area contributed by atoms with Crippen molar-refractivity contribution in [2.45, 2.75) is 25.8 Å². The molecular formula is C15H20Cl2N2O. The molecular weight excluding hydrogens is 295 g/mol. The molecule has 2 aliphatic rings. The molecule has 0 bridgehead atoms. The molecule has 20 heavy (non-hydrogen) atoms. The maximum absolute atomic E-state index is 12.6. The summed E-state index contributed by atoms with van der Waals surface area (Å²) >= 11 is 6.09. The molecule has 3 unspecified atom stereocenters. The second-order valence-corrected chi connectivity index (χ2v) is 6.19. The third-order valence-electron chi connectivity index (χ3n) is 4.70. The highest BCUT2D eigenvalue weighted by Crippen LogP contribution is 2.37. The van der Waals surface area contributed by atoms with Gasteiger partial charge in [-0.05, 0) is 49.3 Å². The van der Waals surface area contributed by atoms with Crippen LogP contribution in [-0.4, -0.2) is 29.9 Å². The number of rotatable bonds is 1. The van der Waals surface area contributed by atoms with Gasteiger partial charge in [0.15, 0.2) is 0 Å². The minimum absolute atomic E-state index is 0. The third kappa shape index (κ3) is 2.54. The molecule has 3 atom stereocenters. The van der Waals surface area contributed by atoms with Crippen molar-refractivity contribution in [2.75, 3.05) is 13.1 Å². The van der Waals surface area contributed by atoms with Crippen LogP contribution < -0.4 is 5.73 Å². The molecule has 1 saturated carbocycles. The Morgan fingerprint density at radius 1 is 1.35 bits per heavy atom. The van der Waals surface area contributed by atoms with Gasteiger partial charge in [-0.15, -0.1) is 12.4 Å². The van der Waals surface area contributed by atoms with E-state index in [9.17, 15) is 4.79 Å². The third-order valence-corrected chi connectivity index (χ3v) is 5.11. The highest BCUT2D eigenvalue weighted by molar-refractivity contribution is 6.31. The highest BCUT2D eigenvalue weighted by Gasteiger charge is 2.42. The zero-order valence-corrected chi connectivity index (χ0v) is 13.1. The van der Waals surface area contributed by atoms with Crippen LogP contribution in [0, 0.1) is 18.8 Å². The lowest BCUT2D eigenvalue weighted by Crippen LogP contribution is -2.33. The van der Waals surface area contributed by atoms with Crippen molar-refractivity contribution >= 4 is 29.9 Å². The number of likely N-dealkylation sites (tertiary alicyclic amines) is 1. The van der Waals surface area contributed by atoms with E-state index in [0.29, 0.717) is 16.9 Å². The van der Waals surface area contributed by atoms with Gasteiger partial charge in [0, 0.05) is 29.7 Å². The Hall–Kier alpha value is -0.770. The van der Waals surface area contributed by atoms with E-state index in [1.807, 2.05) is 30.0 Å². The smallest absolute Gasteiger partial charge is 0.254 e. The van der Waals surface area contributed by atoms with Crippen molar-refractivity contribution in [3.63, 3.8) is 0 Å². The van der Waals surface area contributed by atoms with Crippen LogP contribution in [0.1, 0.15) is 28.8 Å². The van der Waals surface area contributed by atoms with E-state index in [1.165, 1.54) is 0 Å². The first-order valence-corrected chi connectivity index (χ1v) is 7.25. The van der Waals surface area contributed by atoms with Crippen molar-refractivity contribution in [1.82, 2.24) is 4.90 Å². The first-order chi connectivity index (χ1) is 9.08. The number of halogens is 2. The number of benzene rings is 1. The van der Waals surface area contributed by atoms with Gasteiger partial charge in [-0.25, -0.2) is 0 Å². The quantitative estimate of drug-likeness (QED) is 0.866. The van der Waals surface area contributed by atoms with E-state index in [4.69, 9.17) is 17.3 Å². The fourth-order valence-corrected chi connectivity index (χ4v) is 3.66.